The molecular formula is C15H16FNO3. The first-order valence-corrected chi connectivity index (χ1v) is 6.78. The summed E-state index contributed by atoms with van der Waals surface area (Å²) in [5.74, 6) is -2.24. The highest BCUT2D eigenvalue weighted by molar-refractivity contribution is 5.89. The largest absolute Gasteiger partial charge is 0.481 e. The lowest BCUT2D eigenvalue weighted by Gasteiger charge is -2.16. The molecule has 4 nitrogen and oxygen atoms in total. The van der Waals surface area contributed by atoms with Gasteiger partial charge in [-0.25, -0.2) is 4.39 Å². The minimum absolute atomic E-state index is 0.0863. The molecule has 20 heavy (non-hydrogen) atoms. The van der Waals surface area contributed by atoms with Crippen LogP contribution in [0, 0.1) is 17.7 Å². The first-order valence-electron chi connectivity index (χ1n) is 6.78. The maximum atomic E-state index is 12.9. The van der Waals surface area contributed by atoms with E-state index in [1.807, 2.05) is 0 Å². The second-order valence-corrected chi connectivity index (χ2v) is 5.79. The molecule has 0 bridgehead atoms. The number of carboxylic acid groups (broad SMARTS) is 1. The number of hydrogen-bond acceptors (Lipinski definition) is 2. The number of hydrogen-bond donors (Lipinski definition) is 2. The van der Waals surface area contributed by atoms with Gasteiger partial charge in [0, 0.05) is 12.0 Å². The number of rotatable bonds is 5. The van der Waals surface area contributed by atoms with E-state index in [0.29, 0.717) is 13.0 Å². The van der Waals surface area contributed by atoms with Crippen LogP contribution in [0.25, 0.3) is 0 Å². The molecule has 0 aromatic heterocycles. The van der Waals surface area contributed by atoms with E-state index >= 15 is 0 Å². The van der Waals surface area contributed by atoms with Gasteiger partial charge in [-0.1, -0.05) is 12.1 Å². The number of benzene rings is 1. The third-order valence-corrected chi connectivity index (χ3v) is 4.36. The molecule has 0 saturated heterocycles. The summed E-state index contributed by atoms with van der Waals surface area (Å²) in [6, 6.07) is 6.37. The SMILES string of the molecule is O=C(O)[C@H]1C[C@@H]1C(=O)NCC1(c2ccc(F)cc2)CC1. The fraction of sp³-hybridized carbons (Fsp3) is 0.467. The summed E-state index contributed by atoms with van der Waals surface area (Å²) in [5.41, 5.74) is 0.946. The first kappa shape index (κ1) is 13.1. The van der Waals surface area contributed by atoms with Gasteiger partial charge >= 0.3 is 5.97 Å². The second-order valence-electron chi connectivity index (χ2n) is 5.79. The van der Waals surface area contributed by atoms with Gasteiger partial charge in [-0.2, -0.15) is 0 Å². The van der Waals surface area contributed by atoms with E-state index in [0.717, 1.165) is 18.4 Å². The van der Waals surface area contributed by atoms with E-state index in [9.17, 15) is 14.0 Å². The average molecular weight is 277 g/mol. The zero-order chi connectivity index (χ0) is 14.3. The van der Waals surface area contributed by atoms with Crippen molar-refractivity contribution in [2.24, 2.45) is 11.8 Å². The summed E-state index contributed by atoms with van der Waals surface area (Å²) in [7, 11) is 0. The predicted octanol–water partition coefficient (Wildman–Crippen LogP) is 1.69. The zero-order valence-electron chi connectivity index (χ0n) is 10.9. The Labute approximate surface area is 116 Å². The highest BCUT2D eigenvalue weighted by Gasteiger charge is 2.50. The van der Waals surface area contributed by atoms with Crippen molar-refractivity contribution in [3.05, 3.63) is 35.6 Å². The highest BCUT2D eigenvalue weighted by atomic mass is 19.1. The number of nitrogens with one attached hydrogen (secondary N) is 1. The Hall–Kier alpha value is -1.91. The van der Waals surface area contributed by atoms with Gasteiger partial charge in [-0.05, 0) is 37.0 Å². The predicted molar refractivity (Wildman–Crippen MR) is 69.6 cm³/mol. The van der Waals surface area contributed by atoms with Crippen LogP contribution >= 0.6 is 0 Å². The molecule has 2 N–H and O–H groups in total. The fourth-order valence-corrected chi connectivity index (χ4v) is 2.67. The number of amides is 1. The Morgan fingerprint density at radius 3 is 2.40 bits per heavy atom. The maximum absolute atomic E-state index is 12.9. The Morgan fingerprint density at radius 1 is 1.25 bits per heavy atom. The van der Waals surface area contributed by atoms with Crippen LogP contribution in [-0.2, 0) is 15.0 Å². The molecule has 1 aromatic carbocycles. The molecule has 1 amide bonds. The van der Waals surface area contributed by atoms with Crippen molar-refractivity contribution in [2.75, 3.05) is 6.54 Å². The lowest BCUT2D eigenvalue weighted by atomic mass is 9.96. The molecule has 0 heterocycles. The first-order chi connectivity index (χ1) is 9.52. The van der Waals surface area contributed by atoms with Crippen molar-refractivity contribution >= 4 is 11.9 Å². The molecule has 2 saturated carbocycles. The zero-order valence-corrected chi connectivity index (χ0v) is 10.9. The van der Waals surface area contributed by atoms with Gasteiger partial charge in [0.25, 0.3) is 0 Å². The quantitative estimate of drug-likeness (QED) is 0.860. The van der Waals surface area contributed by atoms with Crippen molar-refractivity contribution in [2.45, 2.75) is 24.7 Å². The molecule has 1 aromatic rings. The summed E-state index contributed by atoms with van der Waals surface area (Å²) < 4.78 is 12.9. The van der Waals surface area contributed by atoms with Gasteiger partial charge in [0.1, 0.15) is 5.82 Å². The summed E-state index contributed by atoms with van der Waals surface area (Å²) >= 11 is 0. The molecule has 2 atom stereocenters. The Balaban J connectivity index is 1.57. The van der Waals surface area contributed by atoms with Crippen LogP contribution in [0.5, 0.6) is 0 Å². The van der Waals surface area contributed by atoms with Crippen LogP contribution in [-0.4, -0.2) is 23.5 Å². The van der Waals surface area contributed by atoms with Gasteiger partial charge in [0.05, 0.1) is 11.8 Å². The number of aliphatic carboxylic acids is 1. The van der Waals surface area contributed by atoms with Crippen molar-refractivity contribution in [1.82, 2.24) is 5.32 Å². The number of carboxylic acids is 1. The van der Waals surface area contributed by atoms with E-state index in [-0.39, 0.29) is 23.1 Å². The number of halogens is 1. The molecule has 0 radical (unpaired) electrons. The molecular weight excluding hydrogens is 261 g/mol. The standard InChI is InChI=1S/C15H16FNO3/c16-10-3-1-9(2-4-10)15(5-6-15)8-17-13(18)11-7-12(11)14(19)20/h1-4,11-12H,5-8H2,(H,17,18)(H,19,20)/t11-,12-/m0/s1. The smallest absolute Gasteiger partial charge is 0.307 e. The molecule has 5 heteroatoms. The van der Waals surface area contributed by atoms with E-state index < -0.39 is 11.9 Å². The highest BCUT2D eigenvalue weighted by Crippen LogP contribution is 2.48. The van der Waals surface area contributed by atoms with Crippen LogP contribution in [0.4, 0.5) is 4.39 Å². The van der Waals surface area contributed by atoms with Gasteiger partial charge in [-0.3, -0.25) is 9.59 Å². The Bertz CT molecular complexity index is 551. The summed E-state index contributed by atoms with van der Waals surface area (Å²) in [4.78, 5) is 22.6. The molecule has 2 aliphatic rings. The topological polar surface area (TPSA) is 66.4 Å². The summed E-state index contributed by atoms with van der Waals surface area (Å²) in [6.07, 6.45) is 2.36. The van der Waals surface area contributed by atoms with Gasteiger partial charge in [0.2, 0.25) is 5.91 Å². The van der Waals surface area contributed by atoms with Gasteiger partial charge in [-0.15, -0.1) is 0 Å². The molecule has 2 fully saturated rings. The molecule has 3 rings (SSSR count). The minimum Gasteiger partial charge on any atom is -0.481 e. The lowest BCUT2D eigenvalue weighted by molar-refractivity contribution is -0.140. The maximum Gasteiger partial charge on any atom is 0.307 e. The van der Waals surface area contributed by atoms with Crippen molar-refractivity contribution in [3.8, 4) is 0 Å². The third kappa shape index (κ3) is 2.40. The van der Waals surface area contributed by atoms with E-state index in [1.54, 1.807) is 12.1 Å². The normalized spacial score (nSPS) is 25.9. The second kappa shape index (κ2) is 4.58. The van der Waals surface area contributed by atoms with Gasteiger partial charge < -0.3 is 10.4 Å². The van der Waals surface area contributed by atoms with Crippen LogP contribution in [0.3, 0.4) is 0 Å². The van der Waals surface area contributed by atoms with E-state index in [2.05, 4.69) is 5.32 Å². The summed E-state index contributed by atoms with van der Waals surface area (Å²) in [6.45, 7) is 0.500. The summed E-state index contributed by atoms with van der Waals surface area (Å²) in [5, 5.41) is 11.7. The molecule has 106 valence electrons. The average Bonchev–Trinajstić information content (AvgIpc) is 3.30. The van der Waals surface area contributed by atoms with Crippen LogP contribution in [0.15, 0.2) is 24.3 Å². The Kier molecular flexibility index (Phi) is 3.00. The number of carbonyl (C=O) groups excluding carboxylic acids is 1. The molecule has 2 aliphatic carbocycles. The molecule has 0 aliphatic heterocycles. The van der Waals surface area contributed by atoms with Crippen molar-refractivity contribution < 1.29 is 19.1 Å². The fourth-order valence-electron chi connectivity index (χ4n) is 2.67. The van der Waals surface area contributed by atoms with Crippen LogP contribution < -0.4 is 5.32 Å². The third-order valence-electron chi connectivity index (χ3n) is 4.36. The molecule has 0 spiro atoms. The van der Waals surface area contributed by atoms with Gasteiger partial charge in [0.15, 0.2) is 0 Å². The minimum atomic E-state index is -0.898. The van der Waals surface area contributed by atoms with Crippen molar-refractivity contribution in [3.63, 3.8) is 0 Å². The van der Waals surface area contributed by atoms with Crippen molar-refractivity contribution in [1.29, 1.82) is 0 Å². The molecule has 0 unspecified atom stereocenters. The monoisotopic (exact) mass is 277 g/mol. The Morgan fingerprint density at radius 2 is 1.90 bits per heavy atom. The lowest BCUT2D eigenvalue weighted by Crippen LogP contribution is -2.34. The van der Waals surface area contributed by atoms with Crippen LogP contribution in [0.1, 0.15) is 24.8 Å². The van der Waals surface area contributed by atoms with E-state index in [1.165, 1.54) is 12.1 Å². The van der Waals surface area contributed by atoms with Crippen LogP contribution in [0.2, 0.25) is 0 Å². The number of carbonyl (C=O) groups is 2. The van der Waals surface area contributed by atoms with E-state index in [4.69, 9.17) is 5.11 Å².